The average molecular weight is 270 g/mol. The first-order chi connectivity index (χ1) is 9.75. The van der Waals surface area contributed by atoms with Gasteiger partial charge in [0.1, 0.15) is 12.4 Å². The Morgan fingerprint density at radius 3 is 2.60 bits per heavy atom. The van der Waals surface area contributed by atoms with E-state index >= 15 is 0 Å². The van der Waals surface area contributed by atoms with E-state index in [-0.39, 0.29) is 6.67 Å². The minimum Gasteiger partial charge on any atom is -0.471 e. The minimum atomic E-state index is -0.986. The highest BCUT2D eigenvalue weighted by Gasteiger charge is 2.24. The summed E-state index contributed by atoms with van der Waals surface area (Å²) in [7, 11) is 0. The van der Waals surface area contributed by atoms with Gasteiger partial charge in [-0.05, 0) is 24.3 Å². The number of carboxylic acid groups (broad SMARTS) is 1. The number of rotatable bonds is 3. The van der Waals surface area contributed by atoms with Crippen molar-refractivity contribution in [3.63, 3.8) is 0 Å². The highest BCUT2D eigenvalue weighted by molar-refractivity contribution is 5.86. The first kappa shape index (κ1) is 12.3. The Morgan fingerprint density at radius 2 is 1.85 bits per heavy atom. The van der Waals surface area contributed by atoms with Crippen molar-refractivity contribution < 1.29 is 14.6 Å². The molecule has 102 valence electrons. The Hall–Kier alpha value is -2.69. The van der Waals surface area contributed by atoms with Gasteiger partial charge >= 0.3 is 6.09 Å². The van der Waals surface area contributed by atoms with E-state index < -0.39 is 6.09 Å². The Morgan fingerprint density at radius 1 is 1.15 bits per heavy atom. The van der Waals surface area contributed by atoms with Crippen molar-refractivity contribution >= 4 is 17.5 Å². The summed E-state index contributed by atoms with van der Waals surface area (Å²) in [5, 5.41) is 9.39. The number of carbonyl (C=O) groups is 1. The number of amides is 1. The lowest BCUT2D eigenvalue weighted by Crippen LogP contribution is -2.40. The van der Waals surface area contributed by atoms with Gasteiger partial charge in [0.25, 0.3) is 0 Å². The number of nitrogens with zero attached hydrogens (tertiary/aromatic N) is 2. The number of benzene rings is 2. The minimum absolute atomic E-state index is 0.232. The molecule has 1 aliphatic rings. The van der Waals surface area contributed by atoms with Crippen LogP contribution in [0.4, 0.5) is 16.2 Å². The molecule has 0 saturated carbocycles. The summed E-state index contributed by atoms with van der Waals surface area (Å²) in [5.74, 6) is 0.783. The maximum atomic E-state index is 11.5. The van der Waals surface area contributed by atoms with Crippen LogP contribution < -0.4 is 14.5 Å². The predicted molar refractivity (Wildman–Crippen MR) is 76.2 cm³/mol. The number of anilines is 2. The predicted octanol–water partition coefficient (Wildman–Crippen LogP) is 2.99. The first-order valence-electron chi connectivity index (χ1n) is 6.28. The van der Waals surface area contributed by atoms with E-state index in [1.807, 2.05) is 47.4 Å². The van der Waals surface area contributed by atoms with Crippen molar-refractivity contribution in [3.8, 4) is 5.75 Å². The van der Waals surface area contributed by atoms with Crippen LogP contribution in [0.15, 0.2) is 54.6 Å². The molecule has 0 aromatic heterocycles. The summed E-state index contributed by atoms with van der Waals surface area (Å²) >= 11 is 0. The topological polar surface area (TPSA) is 53.0 Å². The molecule has 0 atom stereocenters. The van der Waals surface area contributed by atoms with Gasteiger partial charge in [-0.2, -0.15) is 0 Å². The fraction of sp³-hybridized carbons (Fsp3) is 0.133. The molecule has 0 spiro atoms. The van der Waals surface area contributed by atoms with Gasteiger partial charge in [-0.25, -0.2) is 4.79 Å². The molecular formula is C15H14N2O3. The zero-order valence-corrected chi connectivity index (χ0v) is 10.8. The van der Waals surface area contributed by atoms with Crippen molar-refractivity contribution in [3.05, 3.63) is 54.6 Å². The maximum absolute atomic E-state index is 11.5. The largest absolute Gasteiger partial charge is 0.471 e. The van der Waals surface area contributed by atoms with E-state index in [0.717, 1.165) is 11.4 Å². The van der Waals surface area contributed by atoms with Gasteiger partial charge in [-0.3, -0.25) is 4.90 Å². The van der Waals surface area contributed by atoms with Gasteiger partial charge in [-0.15, -0.1) is 0 Å². The summed E-state index contributed by atoms with van der Waals surface area (Å²) < 4.78 is 5.53. The average Bonchev–Trinajstić information content (AvgIpc) is 2.88. The molecule has 1 N–H and O–H groups in total. The van der Waals surface area contributed by atoms with Gasteiger partial charge in [0, 0.05) is 5.69 Å². The van der Waals surface area contributed by atoms with E-state index in [4.69, 9.17) is 4.74 Å². The van der Waals surface area contributed by atoms with E-state index in [1.54, 1.807) is 12.1 Å². The second-order valence-electron chi connectivity index (χ2n) is 4.47. The molecular weight excluding hydrogens is 256 g/mol. The Balaban J connectivity index is 1.84. The SMILES string of the molecule is O=C(O)N(CN1COc2ccccc21)c1ccccc1. The Labute approximate surface area is 116 Å². The van der Waals surface area contributed by atoms with Gasteiger partial charge in [0.15, 0.2) is 6.73 Å². The van der Waals surface area contributed by atoms with Crippen LogP contribution in [0, 0.1) is 0 Å². The van der Waals surface area contributed by atoms with Crippen LogP contribution in [0.2, 0.25) is 0 Å². The van der Waals surface area contributed by atoms with Crippen LogP contribution in [-0.2, 0) is 0 Å². The summed E-state index contributed by atoms with van der Waals surface area (Å²) in [5.41, 5.74) is 1.55. The van der Waals surface area contributed by atoms with Crippen molar-refractivity contribution in [2.45, 2.75) is 0 Å². The fourth-order valence-electron chi connectivity index (χ4n) is 2.21. The lowest BCUT2D eigenvalue weighted by atomic mass is 10.3. The molecule has 0 bridgehead atoms. The molecule has 0 radical (unpaired) electrons. The molecule has 20 heavy (non-hydrogen) atoms. The fourth-order valence-corrected chi connectivity index (χ4v) is 2.21. The maximum Gasteiger partial charge on any atom is 0.413 e. The Kier molecular flexibility index (Phi) is 3.16. The molecule has 0 aliphatic carbocycles. The summed E-state index contributed by atoms with van der Waals surface area (Å²) in [4.78, 5) is 14.6. The molecule has 2 aromatic rings. The molecule has 1 heterocycles. The highest BCUT2D eigenvalue weighted by Crippen LogP contribution is 2.33. The number of hydrogen-bond acceptors (Lipinski definition) is 3. The molecule has 5 heteroatoms. The Bertz CT molecular complexity index is 616. The van der Waals surface area contributed by atoms with Crippen molar-refractivity contribution in [2.24, 2.45) is 0 Å². The van der Waals surface area contributed by atoms with Crippen molar-refractivity contribution in [2.75, 3.05) is 23.2 Å². The molecule has 5 nitrogen and oxygen atoms in total. The van der Waals surface area contributed by atoms with Crippen LogP contribution in [0.5, 0.6) is 5.75 Å². The second-order valence-corrected chi connectivity index (χ2v) is 4.47. The summed E-state index contributed by atoms with van der Waals surface area (Å²) in [6, 6.07) is 16.7. The number of fused-ring (bicyclic) bond motifs is 1. The smallest absolute Gasteiger partial charge is 0.413 e. The number of ether oxygens (including phenoxy) is 1. The van der Waals surface area contributed by atoms with Gasteiger partial charge in [0.05, 0.1) is 5.69 Å². The quantitative estimate of drug-likeness (QED) is 0.931. The highest BCUT2D eigenvalue weighted by atomic mass is 16.5. The van der Waals surface area contributed by atoms with Crippen LogP contribution in [0.1, 0.15) is 0 Å². The molecule has 3 rings (SSSR count). The van der Waals surface area contributed by atoms with Gasteiger partial charge < -0.3 is 14.7 Å². The molecule has 0 fully saturated rings. The van der Waals surface area contributed by atoms with E-state index in [9.17, 15) is 9.90 Å². The lowest BCUT2D eigenvalue weighted by Gasteiger charge is -2.25. The molecule has 1 amide bonds. The van der Waals surface area contributed by atoms with E-state index in [0.29, 0.717) is 12.4 Å². The summed E-state index contributed by atoms with van der Waals surface area (Å²) in [6.45, 7) is 0.590. The molecule has 1 aliphatic heterocycles. The standard InChI is InChI=1S/C15H14N2O3/c18-15(19)17(12-6-2-1-3-7-12)10-16-11-20-14-9-5-4-8-13(14)16/h1-9H,10-11H2,(H,18,19). The third-order valence-electron chi connectivity index (χ3n) is 3.19. The van der Waals surface area contributed by atoms with Crippen LogP contribution in [-0.4, -0.2) is 24.6 Å². The monoisotopic (exact) mass is 270 g/mol. The van der Waals surface area contributed by atoms with E-state index in [2.05, 4.69) is 0 Å². The van der Waals surface area contributed by atoms with Crippen molar-refractivity contribution in [1.82, 2.24) is 0 Å². The van der Waals surface area contributed by atoms with Gasteiger partial charge in [-0.1, -0.05) is 30.3 Å². The normalized spacial score (nSPS) is 12.7. The molecule has 0 unspecified atom stereocenters. The van der Waals surface area contributed by atoms with Crippen LogP contribution in [0.25, 0.3) is 0 Å². The third-order valence-corrected chi connectivity index (χ3v) is 3.19. The third kappa shape index (κ3) is 2.25. The zero-order chi connectivity index (χ0) is 13.9. The summed E-state index contributed by atoms with van der Waals surface area (Å²) in [6.07, 6.45) is -0.986. The zero-order valence-electron chi connectivity index (χ0n) is 10.8. The number of para-hydroxylation sites is 3. The van der Waals surface area contributed by atoms with E-state index in [1.165, 1.54) is 4.90 Å². The number of hydrogen-bond donors (Lipinski definition) is 1. The molecule has 2 aromatic carbocycles. The van der Waals surface area contributed by atoms with Crippen LogP contribution in [0.3, 0.4) is 0 Å². The molecule has 0 saturated heterocycles. The lowest BCUT2D eigenvalue weighted by molar-refractivity contribution is 0.201. The van der Waals surface area contributed by atoms with Crippen LogP contribution >= 0.6 is 0 Å². The van der Waals surface area contributed by atoms with Gasteiger partial charge in [0.2, 0.25) is 0 Å². The first-order valence-corrected chi connectivity index (χ1v) is 6.28. The van der Waals surface area contributed by atoms with Crippen molar-refractivity contribution in [1.29, 1.82) is 0 Å². The second kappa shape index (κ2) is 5.13.